The third-order valence-corrected chi connectivity index (χ3v) is 5.66. The second-order valence-corrected chi connectivity index (χ2v) is 7.62. The molecule has 4 rings (SSSR count). The Morgan fingerprint density at radius 1 is 1.07 bits per heavy atom. The highest BCUT2D eigenvalue weighted by Crippen LogP contribution is 2.36. The summed E-state index contributed by atoms with van der Waals surface area (Å²) in [6.07, 6.45) is -0.132. The molecule has 1 fully saturated rings. The van der Waals surface area contributed by atoms with Gasteiger partial charge in [0.15, 0.2) is 11.5 Å². The largest absolute Gasteiger partial charge is 0.486 e. The van der Waals surface area contributed by atoms with E-state index in [4.69, 9.17) is 9.47 Å². The maximum Gasteiger partial charge on any atom is 0.313 e. The minimum absolute atomic E-state index is 0.298. The van der Waals surface area contributed by atoms with Crippen LogP contribution in [0, 0.1) is 5.41 Å². The lowest BCUT2D eigenvalue weighted by Gasteiger charge is -2.43. The molecule has 0 aliphatic carbocycles. The maximum absolute atomic E-state index is 12.3. The van der Waals surface area contributed by atoms with Gasteiger partial charge in [0, 0.05) is 19.6 Å². The smallest absolute Gasteiger partial charge is 0.313 e. The van der Waals surface area contributed by atoms with Gasteiger partial charge >= 0.3 is 5.97 Å². The van der Waals surface area contributed by atoms with E-state index in [1.807, 2.05) is 48.5 Å². The van der Waals surface area contributed by atoms with Crippen LogP contribution in [0.3, 0.4) is 0 Å². The van der Waals surface area contributed by atoms with Gasteiger partial charge in [-0.3, -0.25) is 9.69 Å². The number of hydrogen-bond acceptors (Lipinski definition) is 5. The van der Waals surface area contributed by atoms with Crippen molar-refractivity contribution in [1.82, 2.24) is 4.90 Å². The van der Waals surface area contributed by atoms with Crippen LogP contribution < -0.4 is 9.47 Å². The van der Waals surface area contributed by atoms with E-state index in [0.29, 0.717) is 45.7 Å². The van der Waals surface area contributed by atoms with Gasteiger partial charge in [-0.15, -0.1) is 0 Å². The second-order valence-electron chi connectivity index (χ2n) is 7.62. The highest BCUT2D eigenvalue weighted by Gasteiger charge is 2.49. The molecule has 2 aromatic carbocycles. The maximum atomic E-state index is 12.3. The van der Waals surface area contributed by atoms with E-state index in [-0.39, 0.29) is 0 Å². The fourth-order valence-corrected chi connectivity index (χ4v) is 4.16. The van der Waals surface area contributed by atoms with Crippen LogP contribution in [0.1, 0.15) is 17.5 Å². The van der Waals surface area contributed by atoms with Crippen molar-refractivity contribution >= 4 is 5.97 Å². The van der Waals surface area contributed by atoms with Crippen molar-refractivity contribution < 1.29 is 24.5 Å². The molecule has 0 amide bonds. The number of piperidine rings is 1. The molecular weight excluding hydrogens is 358 g/mol. The summed E-state index contributed by atoms with van der Waals surface area (Å²) in [5.74, 6) is 0.526. The van der Waals surface area contributed by atoms with E-state index in [1.54, 1.807) is 0 Å². The lowest BCUT2D eigenvalue weighted by atomic mass is 9.72. The average molecular weight is 383 g/mol. The van der Waals surface area contributed by atoms with Crippen LogP contribution in [0.4, 0.5) is 0 Å². The molecule has 148 valence electrons. The second kappa shape index (κ2) is 7.81. The molecule has 2 heterocycles. The predicted molar refractivity (Wildman–Crippen MR) is 104 cm³/mol. The molecule has 0 radical (unpaired) electrons. The standard InChI is InChI=1S/C22H25NO5/c24-20-8-9-23(14-17-6-7-18-19(12-17)28-11-10-27-18)15-22(20,21(25)26)13-16-4-2-1-3-5-16/h1-7,12,20,24H,8-11,13-15H2,(H,25,26)/t20-,22-/m1/s1. The quantitative estimate of drug-likeness (QED) is 0.825. The number of aliphatic hydroxyl groups excluding tert-OH is 1. The number of fused-ring (bicyclic) bond motifs is 1. The fraction of sp³-hybridized carbons (Fsp3) is 0.409. The zero-order valence-corrected chi connectivity index (χ0v) is 15.7. The normalized spacial score (nSPS) is 24.7. The first kappa shape index (κ1) is 18.8. The summed E-state index contributed by atoms with van der Waals surface area (Å²) in [4.78, 5) is 14.4. The number of rotatable bonds is 5. The van der Waals surface area contributed by atoms with Crippen molar-refractivity contribution in [2.45, 2.75) is 25.5 Å². The Kier molecular flexibility index (Phi) is 5.24. The van der Waals surface area contributed by atoms with Crippen molar-refractivity contribution in [2.75, 3.05) is 26.3 Å². The number of carboxylic acid groups (broad SMARTS) is 1. The van der Waals surface area contributed by atoms with Gasteiger partial charge in [-0.25, -0.2) is 0 Å². The highest BCUT2D eigenvalue weighted by atomic mass is 16.6. The Morgan fingerprint density at radius 3 is 2.57 bits per heavy atom. The van der Waals surface area contributed by atoms with Crippen molar-refractivity contribution in [3.05, 3.63) is 59.7 Å². The van der Waals surface area contributed by atoms with Crippen LogP contribution in [0.15, 0.2) is 48.5 Å². The number of likely N-dealkylation sites (tertiary alicyclic amines) is 1. The lowest BCUT2D eigenvalue weighted by molar-refractivity contribution is -0.163. The van der Waals surface area contributed by atoms with E-state index < -0.39 is 17.5 Å². The molecule has 0 saturated carbocycles. The first-order valence-electron chi connectivity index (χ1n) is 9.63. The summed E-state index contributed by atoms with van der Waals surface area (Å²) in [5, 5.41) is 20.7. The Bertz CT molecular complexity index is 840. The molecule has 0 aromatic heterocycles. The minimum Gasteiger partial charge on any atom is -0.486 e. The van der Waals surface area contributed by atoms with Crippen LogP contribution in [-0.2, 0) is 17.8 Å². The number of aliphatic hydroxyl groups is 1. The van der Waals surface area contributed by atoms with Gasteiger partial charge in [0.25, 0.3) is 0 Å². The van der Waals surface area contributed by atoms with Crippen molar-refractivity contribution in [2.24, 2.45) is 5.41 Å². The average Bonchev–Trinajstić information content (AvgIpc) is 2.71. The summed E-state index contributed by atoms with van der Waals surface area (Å²) in [7, 11) is 0. The first-order chi connectivity index (χ1) is 13.6. The lowest BCUT2D eigenvalue weighted by Crippen LogP contribution is -2.56. The summed E-state index contributed by atoms with van der Waals surface area (Å²) in [6, 6.07) is 15.4. The van der Waals surface area contributed by atoms with Crippen LogP contribution in [0.2, 0.25) is 0 Å². The van der Waals surface area contributed by atoms with Gasteiger partial charge in [-0.05, 0) is 36.1 Å². The predicted octanol–water partition coefficient (Wildman–Crippen LogP) is 2.34. The van der Waals surface area contributed by atoms with Gasteiger partial charge in [0.05, 0.1) is 6.10 Å². The summed E-state index contributed by atoms with van der Waals surface area (Å²) in [6.45, 7) is 2.64. The molecule has 6 nitrogen and oxygen atoms in total. The summed E-state index contributed by atoms with van der Waals surface area (Å²) < 4.78 is 11.2. The zero-order valence-electron chi connectivity index (χ0n) is 15.7. The van der Waals surface area contributed by atoms with E-state index in [9.17, 15) is 15.0 Å². The van der Waals surface area contributed by atoms with Crippen LogP contribution >= 0.6 is 0 Å². The molecule has 2 N–H and O–H groups in total. The fourth-order valence-electron chi connectivity index (χ4n) is 4.16. The molecule has 28 heavy (non-hydrogen) atoms. The Balaban J connectivity index is 1.54. The Morgan fingerprint density at radius 2 is 1.82 bits per heavy atom. The first-order valence-corrected chi connectivity index (χ1v) is 9.63. The monoisotopic (exact) mass is 383 g/mol. The number of benzene rings is 2. The third kappa shape index (κ3) is 3.70. The van der Waals surface area contributed by atoms with Gasteiger partial charge in [0.2, 0.25) is 0 Å². The number of hydrogen-bond donors (Lipinski definition) is 2. The van der Waals surface area contributed by atoms with E-state index in [1.165, 1.54) is 0 Å². The molecule has 0 bridgehead atoms. The molecule has 2 aliphatic heterocycles. The zero-order chi connectivity index (χ0) is 19.6. The minimum atomic E-state index is -1.21. The molecule has 0 spiro atoms. The SMILES string of the molecule is O=C(O)[C@]1(Cc2ccccc2)CN(Cc2ccc3c(c2)OCCO3)CC[C@H]1O. The van der Waals surface area contributed by atoms with E-state index >= 15 is 0 Å². The summed E-state index contributed by atoms with van der Waals surface area (Å²) in [5.41, 5.74) is 0.748. The van der Waals surface area contributed by atoms with E-state index in [0.717, 1.165) is 22.6 Å². The third-order valence-electron chi connectivity index (χ3n) is 5.66. The van der Waals surface area contributed by atoms with Crippen molar-refractivity contribution in [1.29, 1.82) is 0 Å². The molecular formula is C22H25NO5. The van der Waals surface area contributed by atoms with E-state index in [2.05, 4.69) is 4.90 Å². The molecule has 2 atom stereocenters. The topological polar surface area (TPSA) is 79.2 Å². The number of ether oxygens (including phenoxy) is 2. The number of carboxylic acids is 1. The molecule has 6 heteroatoms. The van der Waals surface area contributed by atoms with Crippen molar-refractivity contribution in [3.63, 3.8) is 0 Å². The molecule has 2 aliphatic rings. The number of nitrogens with zero attached hydrogens (tertiary/aromatic N) is 1. The molecule has 1 saturated heterocycles. The summed E-state index contributed by atoms with van der Waals surface area (Å²) >= 11 is 0. The van der Waals surface area contributed by atoms with Gasteiger partial charge in [-0.2, -0.15) is 0 Å². The van der Waals surface area contributed by atoms with Gasteiger partial charge in [0.1, 0.15) is 18.6 Å². The molecule has 0 unspecified atom stereocenters. The molecule has 2 aromatic rings. The highest BCUT2D eigenvalue weighted by molar-refractivity contribution is 5.76. The Hall–Kier alpha value is -2.57. The Labute approximate surface area is 164 Å². The van der Waals surface area contributed by atoms with Crippen LogP contribution in [0.5, 0.6) is 11.5 Å². The van der Waals surface area contributed by atoms with Crippen LogP contribution in [-0.4, -0.2) is 53.5 Å². The van der Waals surface area contributed by atoms with Crippen LogP contribution in [0.25, 0.3) is 0 Å². The van der Waals surface area contributed by atoms with Gasteiger partial charge < -0.3 is 19.7 Å². The van der Waals surface area contributed by atoms with Gasteiger partial charge in [-0.1, -0.05) is 36.4 Å². The van der Waals surface area contributed by atoms with Crippen molar-refractivity contribution in [3.8, 4) is 11.5 Å². The number of aliphatic carboxylic acids is 1. The number of carbonyl (C=O) groups is 1.